The van der Waals surface area contributed by atoms with Gasteiger partial charge in [0.05, 0.1) is 17.1 Å². The van der Waals surface area contributed by atoms with Gasteiger partial charge >= 0.3 is 6.18 Å². The van der Waals surface area contributed by atoms with Crippen molar-refractivity contribution in [3.05, 3.63) is 53.6 Å². The minimum absolute atomic E-state index is 0.333. The Morgan fingerprint density at radius 1 is 0.893 bits per heavy atom. The molecule has 4 nitrogen and oxygen atoms in total. The van der Waals surface area contributed by atoms with E-state index in [0.29, 0.717) is 37.0 Å². The fraction of sp³-hybridized carbons (Fsp3) is 0.300. The van der Waals surface area contributed by atoms with Gasteiger partial charge in [-0.1, -0.05) is 35.9 Å². The smallest absolute Gasteiger partial charge is 0.353 e. The lowest BCUT2D eigenvalue weighted by Crippen LogP contribution is -2.49. The number of para-hydroxylation sites is 1. The highest BCUT2D eigenvalue weighted by atomic mass is 35.5. The number of fused-ring (bicyclic) bond motifs is 1. The molecule has 0 spiro atoms. The van der Waals surface area contributed by atoms with Crippen molar-refractivity contribution in [1.29, 1.82) is 0 Å². The number of benzene rings is 2. The summed E-state index contributed by atoms with van der Waals surface area (Å²) in [6, 6.07) is 15.0. The maximum absolute atomic E-state index is 12.7. The number of hydrogen-bond acceptors (Lipinski definition) is 4. The lowest BCUT2D eigenvalue weighted by molar-refractivity contribution is -0.146. The molecule has 28 heavy (non-hydrogen) atoms. The Balaban J connectivity index is 1.68. The SMILES string of the molecule is FC(F)(F)CN1CCN(c2nc(-c3ccccc3Cl)nc3ccccc23)CC1. The van der Waals surface area contributed by atoms with E-state index in [1.165, 1.54) is 4.90 Å². The lowest BCUT2D eigenvalue weighted by atomic mass is 10.1. The zero-order chi connectivity index (χ0) is 19.7. The number of nitrogens with zero attached hydrogens (tertiary/aromatic N) is 4. The van der Waals surface area contributed by atoms with Crippen molar-refractivity contribution in [3.8, 4) is 11.4 Å². The van der Waals surface area contributed by atoms with E-state index < -0.39 is 12.7 Å². The molecular formula is C20H18ClF3N4. The minimum atomic E-state index is -4.18. The molecule has 0 saturated carbocycles. The summed E-state index contributed by atoms with van der Waals surface area (Å²) in [7, 11) is 0. The standard InChI is InChI=1S/C20H18ClF3N4/c21-16-7-3-1-5-14(16)18-25-17-8-4-2-6-15(17)19(26-18)28-11-9-27(10-12-28)13-20(22,23)24/h1-8H,9-13H2. The van der Waals surface area contributed by atoms with E-state index in [1.807, 2.05) is 47.4 Å². The number of hydrogen-bond donors (Lipinski definition) is 0. The van der Waals surface area contributed by atoms with E-state index in [2.05, 4.69) is 4.98 Å². The second-order valence-electron chi connectivity index (χ2n) is 6.75. The monoisotopic (exact) mass is 406 g/mol. The average Bonchev–Trinajstić information content (AvgIpc) is 2.67. The molecule has 0 bridgehead atoms. The van der Waals surface area contributed by atoms with Crippen molar-refractivity contribution < 1.29 is 13.2 Å². The summed E-state index contributed by atoms with van der Waals surface area (Å²) in [6.07, 6.45) is -4.18. The third-order valence-electron chi connectivity index (χ3n) is 4.77. The predicted molar refractivity (Wildman–Crippen MR) is 105 cm³/mol. The summed E-state index contributed by atoms with van der Waals surface area (Å²) < 4.78 is 38.0. The average molecular weight is 407 g/mol. The highest BCUT2D eigenvalue weighted by Crippen LogP contribution is 2.31. The summed E-state index contributed by atoms with van der Waals surface area (Å²) in [5.74, 6) is 1.24. The first kappa shape index (κ1) is 19.0. The van der Waals surface area contributed by atoms with Crippen LogP contribution in [0.4, 0.5) is 19.0 Å². The van der Waals surface area contributed by atoms with Crippen molar-refractivity contribution in [3.63, 3.8) is 0 Å². The summed E-state index contributed by atoms with van der Waals surface area (Å²) in [6.45, 7) is 0.729. The number of alkyl halides is 3. The van der Waals surface area contributed by atoms with Crippen LogP contribution in [0, 0.1) is 0 Å². The zero-order valence-corrected chi connectivity index (χ0v) is 15.7. The first-order chi connectivity index (χ1) is 13.4. The Kier molecular flexibility index (Phi) is 5.12. The van der Waals surface area contributed by atoms with Gasteiger partial charge < -0.3 is 4.90 Å². The molecule has 2 aromatic carbocycles. The van der Waals surface area contributed by atoms with Crippen LogP contribution in [0.2, 0.25) is 5.02 Å². The van der Waals surface area contributed by atoms with Crippen LogP contribution in [0.15, 0.2) is 48.5 Å². The van der Waals surface area contributed by atoms with Gasteiger partial charge in [0.2, 0.25) is 0 Å². The van der Waals surface area contributed by atoms with Crippen LogP contribution in [0.25, 0.3) is 22.3 Å². The molecule has 146 valence electrons. The van der Waals surface area contributed by atoms with Crippen LogP contribution in [0.5, 0.6) is 0 Å². The maximum atomic E-state index is 12.7. The fourth-order valence-corrected chi connectivity index (χ4v) is 3.66. The van der Waals surface area contributed by atoms with E-state index in [-0.39, 0.29) is 0 Å². The Morgan fingerprint density at radius 2 is 1.57 bits per heavy atom. The second kappa shape index (κ2) is 7.56. The first-order valence-electron chi connectivity index (χ1n) is 8.96. The zero-order valence-electron chi connectivity index (χ0n) is 15.0. The highest BCUT2D eigenvalue weighted by Gasteiger charge is 2.32. The second-order valence-corrected chi connectivity index (χ2v) is 7.15. The van der Waals surface area contributed by atoms with Crippen molar-refractivity contribution in [2.75, 3.05) is 37.6 Å². The number of anilines is 1. The van der Waals surface area contributed by atoms with E-state index in [9.17, 15) is 13.2 Å². The largest absolute Gasteiger partial charge is 0.401 e. The Labute approximate surface area is 165 Å². The Hall–Kier alpha value is -2.38. The van der Waals surface area contributed by atoms with Crippen molar-refractivity contribution >= 4 is 28.3 Å². The van der Waals surface area contributed by atoms with Crippen LogP contribution in [-0.4, -0.2) is 53.8 Å². The number of halogens is 4. The molecule has 0 amide bonds. The van der Waals surface area contributed by atoms with E-state index >= 15 is 0 Å². The molecule has 8 heteroatoms. The summed E-state index contributed by atoms with van der Waals surface area (Å²) >= 11 is 6.32. The van der Waals surface area contributed by atoms with Crippen LogP contribution in [0.1, 0.15) is 0 Å². The number of piperazine rings is 1. The molecule has 1 fully saturated rings. The maximum Gasteiger partial charge on any atom is 0.401 e. The molecule has 1 aliphatic rings. The third kappa shape index (κ3) is 4.05. The molecule has 1 saturated heterocycles. The first-order valence-corrected chi connectivity index (χ1v) is 9.34. The fourth-order valence-electron chi connectivity index (χ4n) is 3.44. The third-order valence-corrected chi connectivity index (χ3v) is 5.10. The quantitative estimate of drug-likeness (QED) is 0.634. The molecule has 0 unspecified atom stereocenters. The van der Waals surface area contributed by atoms with Gasteiger partial charge in [-0.3, -0.25) is 4.90 Å². The minimum Gasteiger partial charge on any atom is -0.353 e. The summed E-state index contributed by atoms with van der Waals surface area (Å²) in [5, 5.41) is 1.43. The lowest BCUT2D eigenvalue weighted by Gasteiger charge is -2.36. The van der Waals surface area contributed by atoms with Gasteiger partial charge in [-0.05, 0) is 24.3 Å². The molecule has 1 aromatic heterocycles. The van der Waals surface area contributed by atoms with Gasteiger partial charge in [-0.25, -0.2) is 9.97 Å². The van der Waals surface area contributed by atoms with E-state index in [1.54, 1.807) is 6.07 Å². The molecule has 2 heterocycles. The van der Waals surface area contributed by atoms with Crippen molar-refractivity contribution in [2.45, 2.75) is 6.18 Å². The van der Waals surface area contributed by atoms with Crippen molar-refractivity contribution in [1.82, 2.24) is 14.9 Å². The number of rotatable bonds is 3. The van der Waals surface area contributed by atoms with Crippen LogP contribution < -0.4 is 4.90 Å². The molecule has 0 aliphatic carbocycles. The molecule has 3 aromatic rings. The van der Waals surface area contributed by atoms with Gasteiger partial charge in [-0.15, -0.1) is 0 Å². The van der Waals surface area contributed by atoms with Crippen LogP contribution >= 0.6 is 11.6 Å². The molecule has 1 aliphatic heterocycles. The van der Waals surface area contributed by atoms with E-state index in [0.717, 1.165) is 22.3 Å². The van der Waals surface area contributed by atoms with Gasteiger partial charge in [0.25, 0.3) is 0 Å². The molecule has 0 N–H and O–H groups in total. The predicted octanol–water partition coefficient (Wildman–Crippen LogP) is 4.63. The Morgan fingerprint density at radius 3 is 2.29 bits per heavy atom. The highest BCUT2D eigenvalue weighted by molar-refractivity contribution is 6.33. The van der Waals surface area contributed by atoms with Gasteiger partial charge in [0, 0.05) is 37.1 Å². The topological polar surface area (TPSA) is 32.3 Å². The Bertz CT molecular complexity index is 985. The van der Waals surface area contributed by atoms with Gasteiger partial charge in [0.15, 0.2) is 5.82 Å². The summed E-state index contributed by atoms with van der Waals surface area (Å²) in [4.78, 5) is 12.8. The number of aromatic nitrogens is 2. The molecular weight excluding hydrogens is 389 g/mol. The van der Waals surface area contributed by atoms with E-state index in [4.69, 9.17) is 16.6 Å². The molecule has 4 rings (SSSR count). The van der Waals surface area contributed by atoms with Crippen LogP contribution in [0.3, 0.4) is 0 Å². The van der Waals surface area contributed by atoms with Gasteiger partial charge in [-0.2, -0.15) is 13.2 Å². The summed E-state index contributed by atoms with van der Waals surface area (Å²) in [5.41, 5.74) is 1.51. The molecule has 0 atom stereocenters. The van der Waals surface area contributed by atoms with Crippen LogP contribution in [-0.2, 0) is 0 Å². The van der Waals surface area contributed by atoms with Gasteiger partial charge in [0.1, 0.15) is 5.82 Å². The molecule has 0 radical (unpaired) electrons. The normalized spacial score (nSPS) is 15.9. The van der Waals surface area contributed by atoms with Crippen molar-refractivity contribution in [2.24, 2.45) is 0 Å².